The van der Waals surface area contributed by atoms with E-state index in [2.05, 4.69) is 35.4 Å². The van der Waals surface area contributed by atoms with Gasteiger partial charge in [-0.1, -0.05) is 30.3 Å². The number of carbonyl (C=O) groups is 1. The summed E-state index contributed by atoms with van der Waals surface area (Å²) < 4.78 is -0.419. The molecule has 1 aromatic rings. The van der Waals surface area contributed by atoms with Crippen molar-refractivity contribution in [2.45, 2.75) is 49.9 Å². The van der Waals surface area contributed by atoms with Crippen molar-refractivity contribution in [1.82, 2.24) is 10.6 Å². The zero-order valence-electron chi connectivity index (χ0n) is 14.5. The zero-order chi connectivity index (χ0) is 18.0. The van der Waals surface area contributed by atoms with Crippen molar-refractivity contribution < 1.29 is 15.0 Å². The molecule has 1 atom stereocenters. The predicted octanol–water partition coefficient (Wildman–Crippen LogP) is 1.15. The minimum atomic E-state index is -0.419. The largest absolute Gasteiger partial charge is 0.395 e. The van der Waals surface area contributed by atoms with Gasteiger partial charge in [-0.2, -0.15) is 12.6 Å². The molecule has 0 radical (unpaired) electrons. The number of benzene rings is 1. The average molecular weight is 355 g/mol. The van der Waals surface area contributed by atoms with E-state index in [1.54, 1.807) is 0 Å². The number of aliphatic hydroxyl groups is 2. The molecule has 1 aromatic carbocycles. The maximum Gasteiger partial charge on any atom is 0.220 e. The number of hydrogen-bond acceptors (Lipinski definition) is 5. The first-order valence-corrected chi connectivity index (χ1v) is 8.82. The summed E-state index contributed by atoms with van der Waals surface area (Å²) in [5.74, 6) is -0.00981. The Labute approximate surface area is 150 Å². The molecule has 1 rings (SSSR count). The summed E-state index contributed by atoms with van der Waals surface area (Å²) in [7, 11) is 0. The molecule has 1 unspecified atom stereocenters. The molecular weight excluding hydrogens is 324 g/mol. The smallest absolute Gasteiger partial charge is 0.220 e. The summed E-state index contributed by atoms with van der Waals surface area (Å²) in [5.41, 5.74) is 1.23. The number of aryl methyl sites for hydroxylation is 1. The van der Waals surface area contributed by atoms with Crippen molar-refractivity contribution in [1.29, 1.82) is 0 Å². The average Bonchev–Trinajstić information content (AvgIpc) is 2.54. The number of thiol groups is 1. The lowest BCUT2D eigenvalue weighted by atomic mass is 10.0. The van der Waals surface area contributed by atoms with Crippen LogP contribution in [0.4, 0.5) is 0 Å². The van der Waals surface area contributed by atoms with Crippen LogP contribution in [0.15, 0.2) is 30.3 Å². The van der Waals surface area contributed by atoms with E-state index in [1.807, 2.05) is 32.0 Å². The van der Waals surface area contributed by atoms with Gasteiger partial charge in [-0.25, -0.2) is 0 Å². The van der Waals surface area contributed by atoms with Crippen LogP contribution >= 0.6 is 12.6 Å². The van der Waals surface area contributed by atoms with Crippen LogP contribution in [0.5, 0.6) is 0 Å². The third kappa shape index (κ3) is 8.15. The summed E-state index contributed by atoms with van der Waals surface area (Å²) in [4.78, 5) is 12.2. The highest BCUT2D eigenvalue weighted by Crippen LogP contribution is 2.17. The Morgan fingerprint density at radius 1 is 1.21 bits per heavy atom. The fraction of sp³-hybridized carbons (Fsp3) is 0.611. The van der Waals surface area contributed by atoms with E-state index in [4.69, 9.17) is 10.2 Å². The highest BCUT2D eigenvalue weighted by molar-refractivity contribution is 7.81. The summed E-state index contributed by atoms with van der Waals surface area (Å²) in [6, 6.07) is 9.51. The molecule has 1 amide bonds. The molecule has 0 spiro atoms. The molecule has 5 nitrogen and oxygen atoms in total. The highest BCUT2D eigenvalue weighted by Gasteiger charge is 2.27. The summed E-state index contributed by atoms with van der Waals surface area (Å²) in [6.45, 7) is 3.99. The van der Waals surface area contributed by atoms with Gasteiger partial charge in [0, 0.05) is 17.7 Å². The van der Waals surface area contributed by atoms with Gasteiger partial charge in [0.05, 0.1) is 25.3 Å². The maximum atomic E-state index is 12.2. The lowest BCUT2D eigenvalue weighted by Gasteiger charge is -2.32. The zero-order valence-corrected chi connectivity index (χ0v) is 15.4. The second-order valence-corrected chi connectivity index (χ2v) is 7.74. The van der Waals surface area contributed by atoms with Crippen molar-refractivity contribution in [3.63, 3.8) is 0 Å². The third-order valence-electron chi connectivity index (χ3n) is 3.95. The number of nitrogens with one attached hydrogen (secondary N) is 2. The normalized spacial score (nSPS) is 13.1. The number of carbonyl (C=O) groups excluding carboxylic acids is 1. The van der Waals surface area contributed by atoms with Crippen LogP contribution in [-0.4, -0.2) is 52.7 Å². The third-order valence-corrected chi connectivity index (χ3v) is 4.26. The Hall–Kier alpha value is -1.08. The fourth-order valence-electron chi connectivity index (χ4n) is 2.31. The molecule has 24 heavy (non-hydrogen) atoms. The fourth-order valence-corrected chi connectivity index (χ4v) is 2.47. The highest BCUT2D eigenvalue weighted by atomic mass is 32.1. The van der Waals surface area contributed by atoms with Crippen LogP contribution in [0, 0.1) is 0 Å². The Balaban J connectivity index is 2.43. The Morgan fingerprint density at radius 3 is 2.38 bits per heavy atom. The first-order valence-electron chi connectivity index (χ1n) is 8.37. The molecule has 0 bridgehead atoms. The van der Waals surface area contributed by atoms with E-state index in [-0.39, 0.29) is 25.2 Å². The van der Waals surface area contributed by atoms with Crippen LogP contribution in [0.1, 0.15) is 32.3 Å². The van der Waals surface area contributed by atoms with Gasteiger partial charge in [-0.05, 0) is 32.3 Å². The van der Waals surface area contributed by atoms with E-state index < -0.39 is 10.8 Å². The van der Waals surface area contributed by atoms with Crippen LogP contribution in [0.3, 0.4) is 0 Å². The second-order valence-electron chi connectivity index (χ2n) is 6.58. The van der Waals surface area contributed by atoms with E-state index in [0.29, 0.717) is 13.0 Å². The molecule has 0 aliphatic carbocycles. The van der Waals surface area contributed by atoms with Gasteiger partial charge >= 0.3 is 0 Å². The second kappa shape index (κ2) is 10.7. The molecule has 0 saturated carbocycles. The van der Waals surface area contributed by atoms with E-state index in [9.17, 15) is 4.79 Å². The molecular formula is C18H30N2O3S. The number of amides is 1. The van der Waals surface area contributed by atoms with Crippen molar-refractivity contribution >= 4 is 18.5 Å². The Kier molecular flexibility index (Phi) is 9.36. The lowest BCUT2D eigenvalue weighted by molar-refractivity contribution is -0.122. The molecule has 0 heterocycles. The quantitative estimate of drug-likeness (QED) is 0.386. The number of rotatable bonds is 11. The molecule has 0 saturated heterocycles. The van der Waals surface area contributed by atoms with E-state index >= 15 is 0 Å². The molecule has 4 N–H and O–H groups in total. The van der Waals surface area contributed by atoms with E-state index in [0.717, 1.165) is 12.8 Å². The minimum absolute atomic E-state index is 0.00981. The molecule has 0 aromatic heterocycles. The van der Waals surface area contributed by atoms with Crippen molar-refractivity contribution in [3.05, 3.63) is 35.9 Å². The maximum absolute atomic E-state index is 12.2. The first kappa shape index (κ1) is 21.0. The van der Waals surface area contributed by atoms with Gasteiger partial charge in [0.25, 0.3) is 0 Å². The first-order chi connectivity index (χ1) is 11.4. The van der Waals surface area contributed by atoms with Gasteiger partial charge in [-0.3, -0.25) is 4.79 Å². The van der Waals surface area contributed by atoms with Crippen LogP contribution < -0.4 is 10.6 Å². The standard InChI is InChI=1S/C18H30N2O3S/c1-18(2,24)16(11-19-15(12-21)13-22)20-17(23)10-6-9-14-7-4-3-5-8-14/h3-5,7-8,15-16,19,21-22,24H,6,9-13H2,1-2H3,(H,20,23). The molecule has 0 aliphatic heterocycles. The summed E-state index contributed by atoms with van der Waals surface area (Å²) in [5, 5.41) is 24.3. The Bertz CT molecular complexity index is 473. The number of hydrogen-bond donors (Lipinski definition) is 5. The molecule has 6 heteroatoms. The van der Waals surface area contributed by atoms with Crippen molar-refractivity contribution in [2.75, 3.05) is 19.8 Å². The van der Waals surface area contributed by atoms with Gasteiger partial charge in [0.15, 0.2) is 0 Å². The lowest BCUT2D eigenvalue weighted by Crippen LogP contribution is -2.54. The Morgan fingerprint density at radius 2 is 1.83 bits per heavy atom. The van der Waals surface area contributed by atoms with Gasteiger partial charge in [0.2, 0.25) is 5.91 Å². The van der Waals surface area contributed by atoms with Gasteiger partial charge in [0.1, 0.15) is 0 Å². The minimum Gasteiger partial charge on any atom is -0.395 e. The van der Waals surface area contributed by atoms with Crippen LogP contribution in [0.25, 0.3) is 0 Å². The van der Waals surface area contributed by atoms with Gasteiger partial charge in [-0.15, -0.1) is 0 Å². The van der Waals surface area contributed by atoms with Gasteiger partial charge < -0.3 is 20.8 Å². The van der Waals surface area contributed by atoms with Crippen molar-refractivity contribution in [2.24, 2.45) is 0 Å². The molecule has 0 aliphatic rings. The van der Waals surface area contributed by atoms with Crippen LogP contribution in [0.2, 0.25) is 0 Å². The van der Waals surface area contributed by atoms with Crippen LogP contribution in [-0.2, 0) is 11.2 Å². The molecule has 136 valence electrons. The monoisotopic (exact) mass is 354 g/mol. The van der Waals surface area contributed by atoms with Crippen molar-refractivity contribution in [3.8, 4) is 0 Å². The number of aliphatic hydroxyl groups excluding tert-OH is 2. The van der Waals surface area contributed by atoms with E-state index in [1.165, 1.54) is 5.56 Å². The summed E-state index contributed by atoms with van der Waals surface area (Å²) in [6.07, 6.45) is 2.12. The predicted molar refractivity (Wildman–Crippen MR) is 100 cm³/mol. The topological polar surface area (TPSA) is 81.6 Å². The molecule has 0 fully saturated rings. The SMILES string of the molecule is CC(C)(S)C(CNC(CO)CO)NC(=O)CCCc1ccccc1. The summed E-state index contributed by atoms with van der Waals surface area (Å²) >= 11 is 4.55.